The number of amides is 1. The second-order valence-corrected chi connectivity index (χ2v) is 4.11. The number of hydrogen-bond donors (Lipinski definition) is 4. The molecule has 2 heterocycles. The summed E-state index contributed by atoms with van der Waals surface area (Å²) in [6, 6.07) is 9.26. The van der Waals surface area contributed by atoms with Gasteiger partial charge in [-0.05, 0) is 5.56 Å². The molecule has 0 bridgehead atoms. The van der Waals surface area contributed by atoms with Gasteiger partial charge in [-0.1, -0.05) is 30.3 Å². The molecule has 0 aromatic heterocycles. The Labute approximate surface area is 104 Å². The molecule has 2 unspecified atom stereocenters. The van der Waals surface area contributed by atoms with Crippen molar-refractivity contribution in [3.05, 3.63) is 42.1 Å². The largest absolute Gasteiger partial charge is 0.366 e. The molecule has 0 saturated heterocycles. The Balaban J connectivity index is 1.91. The van der Waals surface area contributed by atoms with E-state index in [-0.39, 0.29) is 5.91 Å². The lowest BCUT2D eigenvalue weighted by molar-refractivity contribution is -0.122. The standard InChI is InChI=1S/C12H13N5O/c13-12-16-10-9(11(18)17-12)15-8(6-14-10)7-4-2-1-3-5-7/h1-6,9,12,15H,13H2,(H,14,16)(H,17,18). The van der Waals surface area contributed by atoms with Gasteiger partial charge < -0.3 is 16.0 Å². The maximum absolute atomic E-state index is 11.8. The van der Waals surface area contributed by atoms with Gasteiger partial charge in [0.1, 0.15) is 5.84 Å². The summed E-state index contributed by atoms with van der Waals surface area (Å²) in [7, 11) is 0. The normalized spacial score (nSPS) is 25.9. The summed E-state index contributed by atoms with van der Waals surface area (Å²) in [5.41, 5.74) is 7.43. The number of rotatable bonds is 1. The van der Waals surface area contributed by atoms with E-state index >= 15 is 0 Å². The lowest BCUT2D eigenvalue weighted by Gasteiger charge is -2.31. The maximum Gasteiger partial charge on any atom is 0.253 e. The van der Waals surface area contributed by atoms with Crippen molar-refractivity contribution in [1.82, 2.24) is 16.0 Å². The Morgan fingerprint density at radius 2 is 1.94 bits per heavy atom. The van der Waals surface area contributed by atoms with E-state index in [0.29, 0.717) is 5.84 Å². The molecule has 1 aromatic carbocycles. The number of fused-ring (bicyclic) bond motifs is 1. The van der Waals surface area contributed by atoms with Crippen LogP contribution in [0.3, 0.4) is 0 Å². The first-order valence-corrected chi connectivity index (χ1v) is 5.66. The zero-order valence-corrected chi connectivity index (χ0v) is 9.55. The molecule has 5 N–H and O–H groups in total. The minimum Gasteiger partial charge on any atom is -0.366 e. The van der Waals surface area contributed by atoms with E-state index in [4.69, 9.17) is 5.73 Å². The molecule has 2 aliphatic heterocycles. The van der Waals surface area contributed by atoms with Crippen molar-refractivity contribution in [2.24, 2.45) is 10.7 Å². The van der Waals surface area contributed by atoms with Gasteiger partial charge in [-0.3, -0.25) is 10.5 Å². The van der Waals surface area contributed by atoms with Crippen LogP contribution in [0.2, 0.25) is 0 Å². The van der Waals surface area contributed by atoms with Crippen molar-refractivity contribution in [2.45, 2.75) is 12.3 Å². The van der Waals surface area contributed by atoms with E-state index in [9.17, 15) is 4.79 Å². The molecule has 0 radical (unpaired) electrons. The maximum atomic E-state index is 11.8. The minimum absolute atomic E-state index is 0.179. The molecule has 18 heavy (non-hydrogen) atoms. The van der Waals surface area contributed by atoms with Crippen LogP contribution in [0.25, 0.3) is 5.70 Å². The quantitative estimate of drug-likeness (QED) is 0.526. The molecule has 0 spiro atoms. The molecule has 3 rings (SSSR count). The van der Waals surface area contributed by atoms with E-state index in [1.165, 1.54) is 0 Å². The Kier molecular flexibility index (Phi) is 2.49. The van der Waals surface area contributed by atoms with Gasteiger partial charge in [-0.2, -0.15) is 0 Å². The SMILES string of the molecule is NC1N=C2NC=C(c3ccccc3)NC2C(=O)N1. The third-order valence-electron chi connectivity index (χ3n) is 2.85. The van der Waals surface area contributed by atoms with Crippen molar-refractivity contribution >= 4 is 17.4 Å². The molecule has 1 amide bonds. The Bertz CT molecular complexity index is 537. The zero-order chi connectivity index (χ0) is 12.5. The highest BCUT2D eigenvalue weighted by Gasteiger charge is 2.32. The Morgan fingerprint density at radius 3 is 2.72 bits per heavy atom. The first kappa shape index (κ1) is 10.8. The van der Waals surface area contributed by atoms with E-state index in [1.54, 1.807) is 6.20 Å². The van der Waals surface area contributed by atoms with E-state index in [1.807, 2.05) is 30.3 Å². The number of hydrogen-bond acceptors (Lipinski definition) is 5. The van der Waals surface area contributed by atoms with Crippen molar-refractivity contribution < 1.29 is 4.79 Å². The summed E-state index contributed by atoms with van der Waals surface area (Å²) in [6.45, 7) is 0. The second-order valence-electron chi connectivity index (χ2n) is 4.11. The molecule has 0 saturated carbocycles. The van der Waals surface area contributed by atoms with Crippen LogP contribution < -0.4 is 21.7 Å². The van der Waals surface area contributed by atoms with Crippen LogP contribution in [-0.4, -0.2) is 24.1 Å². The van der Waals surface area contributed by atoms with Crippen LogP contribution in [0.15, 0.2) is 41.5 Å². The minimum atomic E-state index is -0.676. The number of amidine groups is 1. The molecular formula is C12H13N5O. The van der Waals surface area contributed by atoms with Crippen LogP contribution in [0.1, 0.15) is 5.56 Å². The predicted octanol–water partition coefficient (Wildman–Crippen LogP) is -0.683. The summed E-state index contributed by atoms with van der Waals surface area (Å²) in [5, 5.41) is 8.73. The fourth-order valence-corrected chi connectivity index (χ4v) is 1.99. The van der Waals surface area contributed by atoms with Gasteiger partial charge in [0.05, 0.1) is 5.70 Å². The highest BCUT2D eigenvalue weighted by Crippen LogP contribution is 2.15. The monoisotopic (exact) mass is 243 g/mol. The molecule has 2 aliphatic rings. The molecule has 92 valence electrons. The zero-order valence-electron chi connectivity index (χ0n) is 9.55. The lowest BCUT2D eigenvalue weighted by Crippen LogP contribution is -2.62. The van der Waals surface area contributed by atoms with E-state index in [2.05, 4.69) is 20.9 Å². The van der Waals surface area contributed by atoms with Gasteiger partial charge >= 0.3 is 0 Å². The van der Waals surface area contributed by atoms with Crippen molar-refractivity contribution in [1.29, 1.82) is 0 Å². The van der Waals surface area contributed by atoms with Gasteiger partial charge in [-0.15, -0.1) is 0 Å². The van der Waals surface area contributed by atoms with Crippen LogP contribution in [0.4, 0.5) is 0 Å². The molecule has 2 atom stereocenters. The average Bonchev–Trinajstić information content (AvgIpc) is 2.39. The average molecular weight is 243 g/mol. The number of carbonyl (C=O) groups is 1. The van der Waals surface area contributed by atoms with Gasteiger partial charge in [0.15, 0.2) is 12.3 Å². The number of benzene rings is 1. The smallest absolute Gasteiger partial charge is 0.253 e. The molecule has 6 heteroatoms. The first-order valence-electron chi connectivity index (χ1n) is 5.66. The van der Waals surface area contributed by atoms with Crippen LogP contribution in [-0.2, 0) is 4.79 Å². The van der Waals surface area contributed by atoms with Crippen molar-refractivity contribution in [3.63, 3.8) is 0 Å². The summed E-state index contributed by atoms with van der Waals surface area (Å²) in [4.78, 5) is 15.9. The molecule has 1 aromatic rings. The summed E-state index contributed by atoms with van der Waals surface area (Å²) in [6.07, 6.45) is 1.11. The molecular weight excluding hydrogens is 230 g/mol. The van der Waals surface area contributed by atoms with Gasteiger partial charge in [-0.25, -0.2) is 4.99 Å². The van der Waals surface area contributed by atoms with Crippen LogP contribution in [0.5, 0.6) is 0 Å². The third-order valence-corrected chi connectivity index (χ3v) is 2.85. The van der Waals surface area contributed by atoms with Gasteiger partial charge in [0, 0.05) is 6.20 Å². The van der Waals surface area contributed by atoms with Gasteiger partial charge in [0.25, 0.3) is 5.91 Å². The third kappa shape index (κ3) is 1.82. The number of nitrogens with zero attached hydrogens (tertiary/aromatic N) is 1. The molecule has 0 aliphatic carbocycles. The first-order chi connectivity index (χ1) is 8.74. The molecule has 6 nitrogen and oxygen atoms in total. The van der Waals surface area contributed by atoms with Crippen molar-refractivity contribution in [3.8, 4) is 0 Å². The number of nitrogens with two attached hydrogens (primary N) is 1. The highest BCUT2D eigenvalue weighted by atomic mass is 16.2. The summed E-state index contributed by atoms with van der Waals surface area (Å²) < 4.78 is 0. The number of aliphatic imine (C=N–C) groups is 1. The fourth-order valence-electron chi connectivity index (χ4n) is 1.99. The Hall–Kier alpha value is -2.34. The van der Waals surface area contributed by atoms with Gasteiger partial charge in [0.2, 0.25) is 0 Å². The number of carbonyl (C=O) groups excluding carboxylic acids is 1. The van der Waals surface area contributed by atoms with Crippen molar-refractivity contribution in [2.75, 3.05) is 0 Å². The van der Waals surface area contributed by atoms with Crippen LogP contribution in [0, 0.1) is 0 Å². The van der Waals surface area contributed by atoms with Crippen LogP contribution >= 0.6 is 0 Å². The van der Waals surface area contributed by atoms with E-state index < -0.39 is 12.3 Å². The fraction of sp³-hybridized carbons (Fsp3) is 0.167. The number of nitrogens with one attached hydrogen (secondary N) is 3. The lowest BCUT2D eigenvalue weighted by atomic mass is 10.1. The Morgan fingerprint density at radius 1 is 1.17 bits per heavy atom. The summed E-state index contributed by atoms with van der Waals surface area (Å²) >= 11 is 0. The van der Waals surface area contributed by atoms with E-state index in [0.717, 1.165) is 11.3 Å². The summed E-state index contributed by atoms with van der Waals surface area (Å²) in [5.74, 6) is 0.368. The predicted molar refractivity (Wildman–Crippen MR) is 68.0 cm³/mol. The second kappa shape index (κ2) is 4.15. The topological polar surface area (TPSA) is 91.5 Å². The molecule has 0 fully saturated rings. The highest BCUT2D eigenvalue weighted by molar-refractivity contribution is 6.11.